The Balaban J connectivity index is 4.18. The number of carbonyl (C=O) groups excluding carboxylic acids is 3. The lowest BCUT2D eigenvalue weighted by Crippen LogP contribution is -2.30. The average molecular weight is 1170 g/mol. The molecule has 0 aliphatic carbocycles. The van der Waals surface area contributed by atoms with Crippen molar-refractivity contribution in [3.05, 3.63) is 36.5 Å². The third-order valence-corrected chi connectivity index (χ3v) is 17.1. The van der Waals surface area contributed by atoms with Crippen LogP contribution in [0.2, 0.25) is 0 Å². The highest BCUT2D eigenvalue weighted by atomic mass is 16.6. The van der Waals surface area contributed by atoms with Gasteiger partial charge < -0.3 is 14.2 Å². The van der Waals surface area contributed by atoms with E-state index in [1.807, 2.05) is 0 Å². The van der Waals surface area contributed by atoms with Crippen molar-refractivity contribution in [3.8, 4) is 0 Å². The van der Waals surface area contributed by atoms with Crippen LogP contribution in [-0.4, -0.2) is 37.2 Å². The van der Waals surface area contributed by atoms with Gasteiger partial charge in [-0.25, -0.2) is 0 Å². The van der Waals surface area contributed by atoms with E-state index in [4.69, 9.17) is 14.2 Å². The number of esters is 3. The minimum Gasteiger partial charge on any atom is -0.462 e. The summed E-state index contributed by atoms with van der Waals surface area (Å²) in [5.74, 6) is -0.860. The summed E-state index contributed by atoms with van der Waals surface area (Å²) in [7, 11) is 0. The van der Waals surface area contributed by atoms with E-state index < -0.39 is 6.10 Å². The highest BCUT2D eigenvalue weighted by Crippen LogP contribution is 2.19. The molecule has 1 unspecified atom stereocenters. The summed E-state index contributed by atoms with van der Waals surface area (Å²) >= 11 is 0. The lowest BCUT2D eigenvalue weighted by molar-refractivity contribution is -0.167. The monoisotopic (exact) mass is 1170 g/mol. The third-order valence-electron chi connectivity index (χ3n) is 17.1. The van der Waals surface area contributed by atoms with E-state index in [0.29, 0.717) is 19.3 Å². The summed E-state index contributed by atoms with van der Waals surface area (Å²) in [6.07, 6.45) is 90.5. The van der Waals surface area contributed by atoms with Gasteiger partial charge in [-0.15, -0.1) is 0 Å². The summed E-state index contributed by atoms with van der Waals surface area (Å²) in [5.41, 5.74) is 0. The van der Waals surface area contributed by atoms with Crippen molar-refractivity contribution in [2.75, 3.05) is 13.2 Å². The van der Waals surface area contributed by atoms with Gasteiger partial charge in [0.1, 0.15) is 13.2 Å². The van der Waals surface area contributed by atoms with Gasteiger partial charge in [0.25, 0.3) is 0 Å². The van der Waals surface area contributed by atoms with Gasteiger partial charge >= 0.3 is 17.9 Å². The van der Waals surface area contributed by atoms with Gasteiger partial charge in [-0.1, -0.05) is 359 Å². The summed E-state index contributed by atoms with van der Waals surface area (Å²) < 4.78 is 17.0. The molecule has 0 spiro atoms. The van der Waals surface area contributed by atoms with E-state index >= 15 is 0 Å². The Morgan fingerprint density at radius 2 is 0.434 bits per heavy atom. The first-order chi connectivity index (χ1) is 41.0. The zero-order valence-corrected chi connectivity index (χ0v) is 56.2. The number of ether oxygens (including phenoxy) is 3. The van der Waals surface area contributed by atoms with E-state index in [9.17, 15) is 14.4 Å². The number of carbonyl (C=O) groups is 3. The van der Waals surface area contributed by atoms with Crippen molar-refractivity contribution in [1.29, 1.82) is 0 Å². The van der Waals surface area contributed by atoms with Crippen LogP contribution in [0.5, 0.6) is 0 Å². The molecule has 0 N–H and O–H groups in total. The van der Waals surface area contributed by atoms with Crippen LogP contribution in [0.4, 0.5) is 0 Å². The van der Waals surface area contributed by atoms with Crippen molar-refractivity contribution in [2.45, 2.75) is 425 Å². The molecule has 0 aliphatic heterocycles. The normalized spacial score (nSPS) is 12.2. The van der Waals surface area contributed by atoms with Crippen LogP contribution in [0.1, 0.15) is 419 Å². The molecular formula is C77H144O6. The Morgan fingerprint density at radius 1 is 0.241 bits per heavy atom. The molecule has 0 bridgehead atoms. The van der Waals surface area contributed by atoms with Crippen molar-refractivity contribution >= 4 is 17.9 Å². The fourth-order valence-electron chi connectivity index (χ4n) is 11.5. The number of hydrogen-bond acceptors (Lipinski definition) is 6. The molecule has 0 aromatic carbocycles. The summed E-state index contributed by atoms with van der Waals surface area (Å²) in [6, 6.07) is 0. The highest BCUT2D eigenvalue weighted by molar-refractivity contribution is 5.71. The smallest absolute Gasteiger partial charge is 0.306 e. The second-order valence-electron chi connectivity index (χ2n) is 25.6. The van der Waals surface area contributed by atoms with Crippen LogP contribution < -0.4 is 0 Å². The standard InChI is InChI=1S/C77H144O6/c1-4-7-10-13-16-19-22-25-28-30-32-33-34-35-36-37-38-39-40-41-42-43-45-46-49-52-55-58-61-64-67-70-76(79)82-73-74(72-81-75(78)69-66-63-60-57-54-51-48-27-24-21-18-15-12-9-6-3)83-77(80)71-68-65-62-59-56-53-50-47-44-31-29-26-23-20-17-14-11-8-5-2/h18,21,26-27,29,48,74H,4-17,19-20,22-25,28,30-47,49-73H2,1-3H3/b21-18-,29-26-,48-27-. The molecule has 0 fully saturated rings. The Bertz CT molecular complexity index is 1380. The molecular weight excluding hydrogens is 1020 g/mol. The van der Waals surface area contributed by atoms with Crippen LogP contribution in [0, 0.1) is 0 Å². The Kier molecular flexibility index (Phi) is 70.0. The molecule has 83 heavy (non-hydrogen) atoms. The number of rotatable bonds is 70. The molecule has 0 heterocycles. The Labute approximate surface area is 518 Å². The van der Waals surface area contributed by atoms with Crippen molar-refractivity contribution in [2.24, 2.45) is 0 Å². The topological polar surface area (TPSA) is 78.9 Å². The molecule has 1 atom stereocenters. The minimum atomic E-state index is -0.779. The summed E-state index contributed by atoms with van der Waals surface area (Å²) in [6.45, 7) is 6.68. The molecule has 0 aromatic rings. The fraction of sp³-hybridized carbons (Fsp3) is 0.883. The molecule has 0 amide bonds. The van der Waals surface area contributed by atoms with Crippen LogP contribution in [0.3, 0.4) is 0 Å². The molecule has 0 saturated heterocycles. The quantitative estimate of drug-likeness (QED) is 0.0261. The maximum Gasteiger partial charge on any atom is 0.306 e. The van der Waals surface area contributed by atoms with Crippen LogP contribution in [-0.2, 0) is 28.6 Å². The molecule has 0 rings (SSSR count). The van der Waals surface area contributed by atoms with E-state index in [-0.39, 0.29) is 31.1 Å². The van der Waals surface area contributed by atoms with Crippen molar-refractivity contribution in [3.63, 3.8) is 0 Å². The number of unbranched alkanes of at least 4 members (excludes halogenated alkanes) is 53. The van der Waals surface area contributed by atoms with Gasteiger partial charge in [0, 0.05) is 19.3 Å². The summed E-state index contributed by atoms with van der Waals surface area (Å²) in [5, 5.41) is 0. The zero-order valence-electron chi connectivity index (χ0n) is 56.2. The predicted molar refractivity (Wildman–Crippen MR) is 362 cm³/mol. The fourth-order valence-corrected chi connectivity index (χ4v) is 11.5. The Hall–Kier alpha value is -2.37. The molecule has 0 saturated carbocycles. The van der Waals surface area contributed by atoms with Gasteiger partial charge in [-0.3, -0.25) is 14.4 Å². The van der Waals surface area contributed by atoms with Gasteiger partial charge in [-0.05, 0) is 77.0 Å². The second-order valence-corrected chi connectivity index (χ2v) is 25.6. The highest BCUT2D eigenvalue weighted by Gasteiger charge is 2.20. The summed E-state index contributed by atoms with van der Waals surface area (Å²) in [4.78, 5) is 38.5. The maximum absolute atomic E-state index is 13.0. The molecule has 0 aromatic heterocycles. The molecule has 0 radical (unpaired) electrons. The third kappa shape index (κ3) is 70.3. The first-order valence-corrected chi connectivity index (χ1v) is 37.5. The molecule has 0 aliphatic rings. The van der Waals surface area contributed by atoms with E-state index in [2.05, 4.69) is 57.2 Å². The van der Waals surface area contributed by atoms with E-state index in [1.165, 1.54) is 302 Å². The largest absolute Gasteiger partial charge is 0.462 e. The Morgan fingerprint density at radius 3 is 0.699 bits per heavy atom. The lowest BCUT2D eigenvalue weighted by atomic mass is 10.0. The van der Waals surface area contributed by atoms with Gasteiger partial charge in [0.15, 0.2) is 6.10 Å². The maximum atomic E-state index is 13.0. The minimum absolute atomic E-state index is 0.0728. The van der Waals surface area contributed by atoms with E-state index in [0.717, 1.165) is 77.0 Å². The molecule has 6 heteroatoms. The van der Waals surface area contributed by atoms with Crippen LogP contribution in [0.25, 0.3) is 0 Å². The number of allylic oxidation sites excluding steroid dienone is 6. The molecule has 488 valence electrons. The predicted octanol–water partition coefficient (Wildman–Crippen LogP) is 25.9. The van der Waals surface area contributed by atoms with Crippen LogP contribution in [0.15, 0.2) is 36.5 Å². The van der Waals surface area contributed by atoms with Crippen molar-refractivity contribution in [1.82, 2.24) is 0 Å². The first-order valence-electron chi connectivity index (χ1n) is 37.5. The zero-order chi connectivity index (χ0) is 59.9. The number of hydrogen-bond donors (Lipinski definition) is 0. The van der Waals surface area contributed by atoms with Gasteiger partial charge in [-0.2, -0.15) is 0 Å². The van der Waals surface area contributed by atoms with Gasteiger partial charge in [0.2, 0.25) is 0 Å². The van der Waals surface area contributed by atoms with E-state index in [1.54, 1.807) is 0 Å². The van der Waals surface area contributed by atoms with Crippen LogP contribution >= 0.6 is 0 Å². The second kappa shape index (κ2) is 72.1. The first kappa shape index (κ1) is 80.6. The van der Waals surface area contributed by atoms with Gasteiger partial charge in [0.05, 0.1) is 0 Å². The lowest BCUT2D eigenvalue weighted by Gasteiger charge is -2.18. The van der Waals surface area contributed by atoms with Crippen molar-refractivity contribution < 1.29 is 28.6 Å². The average Bonchev–Trinajstić information content (AvgIpc) is 3.50. The molecule has 6 nitrogen and oxygen atoms in total. The SMILES string of the molecule is CCCCC/C=C\C/C=C\CCCCCCCC(=O)OCC(COC(=O)CCCCCCCCCCCCCCCCCCCCCCCCCCCCCCCCC)OC(=O)CCCCCCCCCCC/C=C\CCCCCCCC.